The van der Waals surface area contributed by atoms with Crippen molar-refractivity contribution in [1.82, 2.24) is 4.90 Å². The molecular weight excluding hydrogens is 406 g/mol. The number of hydrogen-bond donors (Lipinski definition) is 1. The first-order valence-electron chi connectivity index (χ1n) is 10.4. The van der Waals surface area contributed by atoms with Crippen molar-refractivity contribution in [1.29, 1.82) is 0 Å². The SMILES string of the molecule is COCCCOc1cc2c(cc1Cl)C1=CC(=O)C(C(=O)O)=CC1N1[C@H]2CCC12CC2. The number of carboxylic acid groups (broad SMARTS) is 1. The molecule has 7 heteroatoms. The number of ketones is 1. The average Bonchev–Trinajstić information content (AvgIpc) is 3.39. The first-order chi connectivity index (χ1) is 14.4. The number of rotatable bonds is 6. The third-order valence-electron chi connectivity index (χ3n) is 6.84. The molecule has 2 aliphatic carbocycles. The van der Waals surface area contributed by atoms with Gasteiger partial charge >= 0.3 is 5.97 Å². The Morgan fingerprint density at radius 1 is 1.30 bits per heavy atom. The van der Waals surface area contributed by atoms with E-state index in [0.29, 0.717) is 24.0 Å². The zero-order valence-electron chi connectivity index (χ0n) is 16.8. The minimum atomic E-state index is -1.17. The van der Waals surface area contributed by atoms with Crippen molar-refractivity contribution in [3.63, 3.8) is 0 Å². The summed E-state index contributed by atoms with van der Waals surface area (Å²) in [6.07, 6.45) is 8.22. The Kier molecular flexibility index (Phi) is 4.76. The number of benzene rings is 1. The lowest BCUT2D eigenvalue weighted by molar-refractivity contribution is -0.134. The van der Waals surface area contributed by atoms with E-state index in [9.17, 15) is 14.7 Å². The summed E-state index contributed by atoms with van der Waals surface area (Å²) in [4.78, 5) is 26.6. The van der Waals surface area contributed by atoms with Gasteiger partial charge in [0.25, 0.3) is 0 Å². The van der Waals surface area contributed by atoms with Crippen LogP contribution in [0, 0.1) is 0 Å². The number of halogens is 1. The van der Waals surface area contributed by atoms with E-state index in [2.05, 4.69) is 4.90 Å². The summed E-state index contributed by atoms with van der Waals surface area (Å²) in [5.74, 6) is -0.982. The highest BCUT2D eigenvalue weighted by atomic mass is 35.5. The van der Waals surface area contributed by atoms with Crippen LogP contribution in [0.3, 0.4) is 0 Å². The van der Waals surface area contributed by atoms with Crippen LogP contribution in [0.2, 0.25) is 5.02 Å². The maximum Gasteiger partial charge on any atom is 0.339 e. The molecule has 1 unspecified atom stereocenters. The number of fused-ring (bicyclic) bond motifs is 7. The zero-order valence-corrected chi connectivity index (χ0v) is 17.6. The highest BCUT2D eigenvalue weighted by Crippen LogP contribution is 2.62. The molecule has 5 rings (SSSR count). The lowest BCUT2D eigenvalue weighted by Gasteiger charge is -2.44. The van der Waals surface area contributed by atoms with Gasteiger partial charge in [0.05, 0.1) is 17.7 Å². The third kappa shape index (κ3) is 3.01. The van der Waals surface area contributed by atoms with Gasteiger partial charge in [0.15, 0.2) is 5.78 Å². The molecule has 158 valence electrons. The second-order valence-electron chi connectivity index (χ2n) is 8.55. The molecule has 2 atom stereocenters. The van der Waals surface area contributed by atoms with E-state index in [1.54, 1.807) is 13.2 Å². The van der Waals surface area contributed by atoms with E-state index in [0.717, 1.165) is 48.8 Å². The van der Waals surface area contributed by atoms with Crippen LogP contribution in [-0.4, -0.2) is 53.7 Å². The van der Waals surface area contributed by atoms with E-state index in [1.165, 1.54) is 6.08 Å². The standard InChI is InChI=1S/C23H24ClNO5/c1-29-7-2-8-30-21-12-15-13(9-17(21)24)14-11-20(26)16(22(27)28)10-19(14)25-18(15)3-4-23(25)5-6-23/h9-12,18-19H,2-8H2,1H3,(H,27,28)/t18-,19?/m0/s1. The van der Waals surface area contributed by atoms with Crippen molar-refractivity contribution in [2.24, 2.45) is 0 Å². The van der Waals surface area contributed by atoms with Crippen molar-refractivity contribution < 1.29 is 24.2 Å². The number of carboxylic acids is 1. The van der Waals surface area contributed by atoms with Crippen molar-refractivity contribution >= 4 is 28.9 Å². The van der Waals surface area contributed by atoms with E-state index in [1.807, 2.05) is 12.1 Å². The van der Waals surface area contributed by atoms with Gasteiger partial charge in [-0.2, -0.15) is 0 Å². The Morgan fingerprint density at radius 3 is 2.80 bits per heavy atom. The second-order valence-corrected chi connectivity index (χ2v) is 8.95. The van der Waals surface area contributed by atoms with Gasteiger partial charge in [-0.05, 0) is 66.7 Å². The number of aliphatic carboxylic acids is 1. The van der Waals surface area contributed by atoms with Gasteiger partial charge in [0, 0.05) is 31.7 Å². The first kappa shape index (κ1) is 19.8. The number of methoxy groups -OCH3 is 1. The molecule has 2 aliphatic heterocycles. The lowest BCUT2D eigenvalue weighted by Crippen LogP contribution is -2.46. The van der Waals surface area contributed by atoms with Gasteiger partial charge in [-0.15, -0.1) is 0 Å². The lowest BCUT2D eigenvalue weighted by atomic mass is 9.80. The Labute approximate surface area is 180 Å². The van der Waals surface area contributed by atoms with Gasteiger partial charge in [-0.3, -0.25) is 9.69 Å². The monoisotopic (exact) mass is 429 g/mol. The number of allylic oxidation sites excluding steroid dienone is 1. The molecule has 1 saturated carbocycles. The molecule has 1 N–H and O–H groups in total. The Morgan fingerprint density at radius 2 is 2.10 bits per heavy atom. The minimum Gasteiger partial charge on any atom is -0.492 e. The second kappa shape index (κ2) is 7.22. The van der Waals surface area contributed by atoms with E-state index in [-0.39, 0.29) is 23.2 Å². The number of hydrogen-bond acceptors (Lipinski definition) is 5. The largest absolute Gasteiger partial charge is 0.492 e. The smallest absolute Gasteiger partial charge is 0.339 e. The highest BCUT2D eigenvalue weighted by Gasteiger charge is 2.59. The minimum absolute atomic E-state index is 0.117. The zero-order chi connectivity index (χ0) is 21.0. The number of carbonyl (C=O) groups excluding carboxylic acids is 1. The fourth-order valence-corrected chi connectivity index (χ4v) is 5.54. The molecule has 4 aliphatic rings. The van der Waals surface area contributed by atoms with Crippen LogP contribution < -0.4 is 4.74 Å². The van der Waals surface area contributed by atoms with Crippen LogP contribution in [0.1, 0.15) is 49.3 Å². The Bertz CT molecular complexity index is 994. The van der Waals surface area contributed by atoms with E-state index >= 15 is 0 Å². The van der Waals surface area contributed by atoms with Crippen molar-refractivity contribution in [2.45, 2.75) is 49.7 Å². The summed E-state index contributed by atoms with van der Waals surface area (Å²) in [6, 6.07) is 3.86. The fraction of sp³-hybridized carbons (Fsp3) is 0.478. The van der Waals surface area contributed by atoms with Crippen molar-refractivity contribution in [2.75, 3.05) is 20.3 Å². The molecule has 6 nitrogen and oxygen atoms in total. The first-order valence-corrected chi connectivity index (χ1v) is 10.8. The molecule has 1 aromatic rings. The Hall–Kier alpha value is -2.15. The summed E-state index contributed by atoms with van der Waals surface area (Å²) in [5, 5.41) is 10.00. The molecule has 2 heterocycles. The topological polar surface area (TPSA) is 76.1 Å². The predicted octanol–water partition coefficient (Wildman–Crippen LogP) is 3.78. The van der Waals surface area contributed by atoms with Crippen molar-refractivity contribution in [3.8, 4) is 5.75 Å². The van der Waals surface area contributed by atoms with Crippen LogP contribution in [0.15, 0.2) is 29.9 Å². The van der Waals surface area contributed by atoms with Crippen LogP contribution in [0.25, 0.3) is 5.57 Å². The molecule has 0 amide bonds. The quantitative estimate of drug-likeness (QED) is 0.547. The van der Waals surface area contributed by atoms with Gasteiger partial charge in [0.2, 0.25) is 0 Å². The van der Waals surface area contributed by atoms with E-state index in [4.69, 9.17) is 21.1 Å². The van der Waals surface area contributed by atoms with Crippen LogP contribution >= 0.6 is 11.6 Å². The number of nitrogens with zero attached hydrogens (tertiary/aromatic N) is 1. The third-order valence-corrected chi connectivity index (χ3v) is 7.14. The fourth-order valence-electron chi connectivity index (χ4n) is 5.32. The van der Waals surface area contributed by atoms with Gasteiger partial charge in [0.1, 0.15) is 11.3 Å². The van der Waals surface area contributed by atoms with Crippen LogP contribution in [0.4, 0.5) is 0 Å². The molecule has 1 spiro atoms. The molecule has 2 fully saturated rings. The summed E-state index contributed by atoms with van der Waals surface area (Å²) < 4.78 is 11.0. The van der Waals surface area contributed by atoms with Crippen LogP contribution in [-0.2, 0) is 14.3 Å². The summed E-state index contributed by atoms with van der Waals surface area (Å²) in [5.41, 5.74) is 2.87. The average molecular weight is 430 g/mol. The molecule has 0 radical (unpaired) electrons. The number of carbonyl (C=O) groups is 2. The molecule has 0 bridgehead atoms. The van der Waals surface area contributed by atoms with Crippen LogP contribution in [0.5, 0.6) is 5.75 Å². The van der Waals surface area contributed by atoms with E-state index < -0.39 is 11.8 Å². The molecule has 1 aromatic carbocycles. The molecule has 30 heavy (non-hydrogen) atoms. The maximum atomic E-state index is 12.5. The molecular formula is C23H24ClNO5. The van der Waals surface area contributed by atoms with Gasteiger partial charge < -0.3 is 14.6 Å². The normalized spacial score (nSPS) is 25.9. The number of ether oxygens (including phenoxy) is 2. The highest BCUT2D eigenvalue weighted by molar-refractivity contribution is 6.32. The summed E-state index contributed by atoms with van der Waals surface area (Å²) >= 11 is 6.54. The summed E-state index contributed by atoms with van der Waals surface area (Å²) in [7, 11) is 1.66. The molecule has 0 aromatic heterocycles. The maximum absolute atomic E-state index is 12.5. The Balaban J connectivity index is 1.58. The van der Waals surface area contributed by atoms with Gasteiger partial charge in [-0.25, -0.2) is 4.79 Å². The predicted molar refractivity (Wildman–Crippen MR) is 112 cm³/mol. The summed E-state index contributed by atoms with van der Waals surface area (Å²) in [6.45, 7) is 1.13. The van der Waals surface area contributed by atoms with Crippen molar-refractivity contribution in [3.05, 3.63) is 46.0 Å². The van der Waals surface area contributed by atoms with Gasteiger partial charge in [-0.1, -0.05) is 11.6 Å². The molecule has 1 saturated heterocycles.